The Labute approximate surface area is 139 Å². The van der Waals surface area contributed by atoms with E-state index in [1.54, 1.807) is 4.90 Å². The van der Waals surface area contributed by atoms with Gasteiger partial charge in [-0.15, -0.1) is 0 Å². The van der Waals surface area contributed by atoms with Gasteiger partial charge in [-0.1, -0.05) is 32.1 Å². The van der Waals surface area contributed by atoms with Gasteiger partial charge in [-0.05, 0) is 31.6 Å². The third kappa shape index (κ3) is 3.15. The Bertz CT molecular complexity index is 423. The van der Waals surface area contributed by atoms with E-state index in [1.165, 1.54) is 19.3 Å². The molecule has 0 N–H and O–H groups in total. The average molecular weight is 324 g/mol. The minimum Gasteiger partial charge on any atom is -0.320 e. The smallest absolute Gasteiger partial charge is 0.320 e. The van der Waals surface area contributed by atoms with E-state index in [0.29, 0.717) is 24.8 Å². The second-order valence-electron chi connectivity index (χ2n) is 7.11. The van der Waals surface area contributed by atoms with Crippen molar-refractivity contribution in [3.8, 4) is 0 Å². The summed E-state index contributed by atoms with van der Waals surface area (Å²) in [5.74, 6) is 1.32. The summed E-state index contributed by atoms with van der Waals surface area (Å²) in [6.07, 6.45) is 10.3. The number of imide groups is 1. The predicted octanol–water partition coefficient (Wildman–Crippen LogP) is 3.32. The Balaban J connectivity index is 1.75. The molecule has 1 saturated heterocycles. The molecule has 2 unspecified atom stereocenters. The summed E-state index contributed by atoms with van der Waals surface area (Å²) in [6.45, 7) is 1.31. The Morgan fingerprint density at radius 2 is 1.64 bits per heavy atom. The minimum absolute atomic E-state index is 0.0370. The van der Waals surface area contributed by atoms with Crippen LogP contribution in [0.3, 0.4) is 0 Å². The summed E-state index contributed by atoms with van der Waals surface area (Å²) >= 11 is 4.31. The predicted molar refractivity (Wildman–Crippen MR) is 90.0 cm³/mol. The molecule has 0 spiro atoms. The summed E-state index contributed by atoms with van der Waals surface area (Å²) in [6, 6.07) is 0.0799. The van der Waals surface area contributed by atoms with Gasteiger partial charge in [0, 0.05) is 24.9 Å². The lowest BCUT2D eigenvalue weighted by molar-refractivity contribution is -0.141. The van der Waals surface area contributed by atoms with Crippen LogP contribution in [0.25, 0.3) is 0 Å². The number of hydrogen-bond donors (Lipinski definition) is 1. The van der Waals surface area contributed by atoms with Gasteiger partial charge in [0.15, 0.2) is 0 Å². The van der Waals surface area contributed by atoms with E-state index >= 15 is 0 Å². The van der Waals surface area contributed by atoms with Crippen LogP contribution in [0.15, 0.2) is 0 Å². The molecule has 5 heteroatoms. The van der Waals surface area contributed by atoms with Gasteiger partial charge in [-0.2, -0.15) is 12.6 Å². The van der Waals surface area contributed by atoms with Gasteiger partial charge in [0.2, 0.25) is 5.91 Å². The molecule has 0 bridgehead atoms. The van der Waals surface area contributed by atoms with Gasteiger partial charge in [0.05, 0.1) is 5.92 Å². The van der Waals surface area contributed by atoms with Crippen molar-refractivity contribution in [1.82, 2.24) is 9.80 Å². The third-order valence-electron chi connectivity index (χ3n) is 5.70. The van der Waals surface area contributed by atoms with Gasteiger partial charge in [0.25, 0.3) is 0 Å². The number of carbonyl (C=O) groups is 2. The van der Waals surface area contributed by atoms with Gasteiger partial charge < -0.3 is 4.90 Å². The molecule has 22 heavy (non-hydrogen) atoms. The number of hydrogen-bond acceptors (Lipinski definition) is 3. The number of carbonyl (C=O) groups excluding carboxylic acids is 2. The first-order valence-electron chi connectivity index (χ1n) is 8.95. The van der Waals surface area contributed by atoms with Crippen molar-refractivity contribution in [2.45, 2.75) is 63.8 Å². The van der Waals surface area contributed by atoms with E-state index in [4.69, 9.17) is 0 Å². The highest BCUT2D eigenvalue weighted by Crippen LogP contribution is 2.35. The van der Waals surface area contributed by atoms with Crippen molar-refractivity contribution in [3.63, 3.8) is 0 Å². The molecule has 2 aliphatic carbocycles. The maximum absolute atomic E-state index is 12.9. The first kappa shape index (κ1) is 16.2. The number of amides is 3. The molecule has 0 aromatic carbocycles. The quantitative estimate of drug-likeness (QED) is 0.806. The molecule has 3 fully saturated rings. The van der Waals surface area contributed by atoms with E-state index in [9.17, 15) is 9.59 Å². The minimum atomic E-state index is -0.0484. The lowest BCUT2D eigenvalue weighted by atomic mass is 9.80. The van der Waals surface area contributed by atoms with Gasteiger partial charge in [0.1, 0.15) is 0 Å². The molecule has 4 nitrogen and oxygen atoms in total. The molecule has 1 aliphatic heterocycles. The molecule has 2 saturated carbocycles. The first-order chi connectivity index (χ1) is 10.7. The van der Waals surface area contributed by atoms with Crippen LogP contribution < -0.4 is 0 Å². The Morgan fingerprint density at radius 1 is 0.955 bits per heavy atom. The van der Waals surface area contributed by atoms with E-state index < -0.39 is 0 Å². The summed E-state index contributed by atoms with van der Waals surface area (Å²) in [5.41, 5.74) is 0. The maximum atomic E-state index is 12.9. The molecular weight excluding hydrogens is 296 g/mol. The molecule has 0 aromatic rings. The molecule has 2 atom stereocenters. The molecule has 0 aromatic heterocycles. The van der Waals surface area contributed by atoms with Gasteiger partial charge in [-0.25, -0.2) is 4.79 Å². The summed E-state index contributed by atoms with van der Waals surface area (Å²) in [4.78, 5) is 29.2. The molecule has 3 rings (SSSR count). The third-order valence-corrected chi connectivity index (χ3v) is 5.90. The molecule has 0 radical (unpaired) electrons. The second kappa shape index (κ2) is 7.24. The van der Waals surface area contributed by atoms with Crippen molar-refractivity contribution in [1.29, 1.82) is 0 Å². The fourth-order valence-corrected chi connectivity index (χ4v) is 4.74. The van der Waals surface area contributed by atoms with E-state index in [0.717, 1.165) is 38.5 Å². The highest BCUT2D eigenvalue weighted by molar-refractivity contribution is 7.80. The summed E-state index contributed by atoms with van der Waals surface area (Å²) in [7, 11) is 0. The van der Waals surface area contributed by atoms with E-state index in [2.05, 4.69) is 12.6 Å². The van der Waals surface area contributed by atoms with Crippen molar-refractivity contribution < 1.29 is 9.59 Å². The number of urea groups is 1. The van der Waals surface area contributed by atoms with Crippen molar-refractivity contribution in [2.24, 2.45) is 11.8 Å². The second-order valence-corrected chi connectivity index (χ2v) is 7.56. The molecule has 124 valence electrons. The van der Waals surface area contributed by atoms with Crippen LogP contribution in [0.5, 0.6) is 0 Å². The Morgan fingerprint density at radius 3 is 2.36 bits per heavy atom. The molecule has 3 amide bonds. The van der Waals surface area contributed by atoms with Crippen molar-refractivity contribution in [3.05, 3.63) is 0 Å². The Kier molecular flexibility index (Phi) is 5.32. The van der Waals surface area contributed by atoms with Crippen LogP contribution in [-0.4, -0.2) is 46.6 Å². The van der Waals surface area contributed by atoms with Crippen LogP contribution in [0, 0.1) is 11.8 Å². The van der Waals surface area contributed by atoms with Gasteiger partial charge in [-0.3, -0.25) is 9.69 Å². The first-order valence-corrected chi connectivity index (χ1v) is 9.58. The summed E-state index contributed by atoms with van der Waals surface area (Å²) < 4.78 is 0. The van der Waals surface area contributed by atoms with Crippen molar-refractivity contribution >= 4 is 24.6 Å². The Hall–Kier alpha value is -0.710. The number of rotatable bonds is 4. The zero-order valence-electron chi connectivity index (χ0n) is 13.4. The highest BCUT2D eigenvalue weighted by Gasteiger charge is 2.46. The zero-order chi connectivity index (χ0) is 15.5. The lowest BCUT2D eigenvalue weighted by Gasteiger charge is -2.47. The molecule has 1 heterocycles. The van der Waals surface area contributed by atoms with Crippen molar-refractivity contribution in [2.75, 3.05) is 18.8 Å². The fraction of sp³-hybridized carbons (Fsp3) is 0.882. The highest BCUT2D eigenvalue weighted by atomic mass is 32.1. The summed E-state index contributed by atoms with van der Waals surface area (Å²) in [5, 5.41) is 0. The van der Waals surface area contributed by atoms with Crippen LogP contribution in [-0.2, 0) is 4.79 Å². The number of fused-ring (bicyclic) bond motifs is 1. The van der Waals surface area contributed by atoms with Crippen LogP contribution >= 0.6 is 12.6 Å². The number of nitrogens with zero attached hydrogens (tertiary/aromatic N) is 2. The SMILES string of the molecule is O=C1C2CCCCC2N(CCS)C(=O)N1CC1CCCCC1. The largest absolute Gasteiger partial charge is 0.327 e. The van der Waals surface area contributed by atoms with Crippen LogP contribution in [0.2, 0.25) is 0 Å². The van der Waals surface area contributed by atoms with E-state index in [-0.39, 0.29) is 23.9 Å². The topological polar surface area (TPSA) is 40.6 Å². The normalized spacial score (nSPS) is 30.6. The monoisotopic (exact) mass is 324 g/mol. The average Bonchev–Trinajstić information content (AvgIpc) is 2.56. The maximum Gasteiger partial charge on any atom is 0.327 e. The molecular formula is C17H28N2O2S. The van der Waals surface area contributed by atoms with Crippen LogP contribution in [0.4, 0.5) is 4.79 Å². The fourth-order valence-electron chi connectivity index (χ4n) is 4.53. The van der Waals surface area contributed by atoms with Crippen LogP contribution in [0.1, 0.15) is 57.8 Å². The zero-order valence-corrected chi connectivity index (χ0v) is 14.3. The number of thiol groups is 1. The lowest BCUT2D eigenvalue weighted by Crippen LogP contribution is -2.63. The van der Waals surface area contributed by atoms with Gasteiger partial charge >= 0.3 is 6.03 Å². The molecule has 3 aliphatic rings. The van der Waals surface area contributed by atoms with E-state index in [1.807, 2.05) is 4.90 Å². The standard InChI is InChI=1S/C17H28N2O2S/c20-16-14-8-4-5-9-15(14)18(10-11-22)17(21)19(16)12-13-6-2-1-3-7-13/h13-15,22H,1-12H2.